The molecule has 0 spiro atoms. The molecule has 2 radical (unpaired) electrons. The molecule has 9 atom stereocenters. The van der Waals surface area contributed by atoms with E-state index in [1.807, 2.05) is 47.3 Å². The quantitative estimate of drug-likeness (QED) is 0.0232. The van der Waals surface area contributed by atoms with Gasteiger partial charge in [0.1, 0.15) is 36.6 Å². The van der Waals surface area contributed by atoms with E-state index in [1.165, 1.54) is 14.0 Å². The summed E-state index contributed by atoms with van der Waals surface area (Å²) in [6.45, 7) is 21.9. The molecule has 0 saturated carbocycles. The summed E-state index contributed by atoms with van der Waals surface area (Å²) in [6.07, 6.45) is -15.9. The van der Waals surface area contributed by atoms with Gasteiger partial charge in [-0.15, -0.1) is 0 Å². The number of aliphatic hydroxyl groups excluding tert-OH is 10. The van der Waals surface area contributed by atoms with Crippen LogP contribution in [0, 0.1) is 0 Å². The Bertz CT molecular complexity index is 1220. The largest absolute Gasteiger partial charge is 0.458 e. The van der Waals surface area contributed by atoms with Crippen molar-refractivity contribution in [1.82, 2.24) is 15.5 Å². The minimum Gasteiger partial charge on any atom is -0.458 e. The second kappa shape index (κ2) is 20.5. The van der Waals surface area contributed by atoms with Crippen LogP contribution < -0.4 is 21.4 Å². The van der Waals surface area contributed by atoms with E-state index in [2.05, 4.69) is 15.5 Å². The fourth-order valence-electron chi connectivity index (χ4n) is 5.18. The van der Waals surface area contributed by atoms with Gasteiger partial charge in [0.2, 0.25) is 20.1 Å². The molecule has 0 heterocycles. The Morgan fingerprint density at radius 2 is 0.963 bits per heavy atom. The van der Waals surface area contributed by atoms with Crippen molar-refractivity contribution in [3.05, 3.63) is 0 Å². The molecule has 0 aromatic rings. The van der Waals surface area contributed by atoms with Crippen molar-refractivity contribution in [2.24, 2.45) is 5.84 Å². The smallest absolute Gasteiger partial charge is 0.321 e. The number of hydrogen-bond acceptors (Lipinski definition) is 18. The topological polar surface area (TPSA) is 335 Å². The molecule has 0 rings (SSSR count). The van der Waals surface area contributed by atoms with Crippen molar-refractivity contribution in [3.8, 4) is 0 Å². The molecular formula is C27H66B2N4O16Si5. The number of amides is 2. The number of aliphatic hydroxyl groups is 10. The third kappa shape index (κ3) is 15.4. The van der Waals surface area contributed by atoms with Crippen LogP contribution in [0.15, 0.2) is 0 Å². The first-order chi connectivity index (χ1) is 24.1. The van der Waals surface area contributed by atoms with Gasteiger partial charge in [-0.1, -0.05) is 26.2 Å². The Labute approximate surface area is 325 Å². The average Bonchev–Trinajstić information content (AvgIpc) is 3.04. The second-order valence-electron chi connectivity index (χ2n) is 16.4. The van der Waals surface area contributed by atoms with E-state index in [-0.39, 0.29) is 0 Å². The summed E-state index contributed by atoms with van der Waals surface area (Å²) in [4.78, 5) is 25.1. The van der Waals surface area contributed by atoms with Gasteiger partial charge in [-0.3, -0.25) is 20.5 Å². The van der Waals surface area contributed by atoms with Gasteiger partial charge in [0.15, 0.2) is 28.6 Å². The van der Waals surface area contributed by atoms with Crippen molar-refractivity contribution < 1.29 is 77.7 Å². The van der Waals surface area contributed by atoms with E-state index in [1.54, 1.807) is 39.3 Å². The van der Waals surface area contributed by atoms with E-state index in [0.717, 1.165) is 0 Å². The SMILES string of the molecule is CC(C)(O[Si](C)(NN)C(C)(C)O[Si](C)(C)O[Si](C)(C)[B]NC(=O)C(O)C(O)C(O)C(O)CO)[Si](C)(C)O[Si](C)(C)[B]NC(=O)C(O)C(O)C(O)C(O)CO. The van der Waals surface area contributed by atoms with Crippen LogP contribution in [0.4, 0.5) is 0 Å². The van der Waals surface area contributed by atoms with Gasteiger partial charge in [-0.2, -0.15) is 0 Å². The van der Waals surface area contributed by atoms with Crippen molar-refractivity contribution in [1.29, 1.82) is 0 Å². The van der Waals surface area contributed by atoms with Crippen molar-refractivity contribution in [2.45, 2.75) is 146 Å². The van der Waals surface area contributed by atoms with Crippen molar-refractivity contribution >= 4 is 67.6 Å². The van der Waals surface area contributed by atoms with Crippen LogP contribution in [0.1, 0.15) is 27.7 Å². The molecule has 0 bridgehead atoms. The Balaban J connectivity index is 5.76. The van der Waals surface area contributed by atoms with Gasteiger partial charge >= 0.3 is 17.0 Å². The lowest BCUT2D eigenvalue weighted by Crippen LogP contribution is -2.76. The molecule has 0 saturated heterocycles. The lowest BCUT2D eigenvalue weighted by molar-refractivity contribution is -0.147. The van der Waals surface area contributed by atoms with Gasteiger partial charge in [0.05, 0.1) is 23.7 Å². The van der Waals surface area contributed by atoms with Crippen LogP contribution in [0.2, 0.25) is 58.9 Å². The number of nitrogens with one attached hydrogen (secondary N) is 3. The standard InChI is InChI=1S/C27H66B2N4O16Si5/c1-26(2,50(5,6)48-51(7,8)28-31-24(44)22(42)20(40)18(38)16(36)14-34)47-54(13,33-30)27(3,4)46-53(11,12)49-52(9,10)29-32-25(45)23(43)21(41)19(39)17(37)15-35/h16-23,33-43H,14-15,30H2,1-13H3,(H,31,44)(H,32,45). The zero-order valence-corrected chi connectivity index (χ0v) is 38.7. The molecule has 316 valence electrons. The third-order valence-corrected chi connectivity index (χ3v) is 27.2. The monoisotopic (exact) mass is 864 g/mol. The first kappa shape index (κ1) is 53.5. The molecule has 0 aromatic carbocycles. The molecule has 20 nitrogen and oxygen atoms in total. The Hall–Kier alpha value is -0.486. The lowest BCUT2D eigenvalue weighted by atomic mass is 10.0. The van der Waals surface area contributed by atoms with Gasteiger partial charge in [-0.25, -0.2) is 0 Å². The summed E-state index contributed by atoms with van der Waals surface area (Å²) in [5.74, 6) is 4.05. The normalized spacial score (nSPS) is 19.3. The maximum atomic E-state index is 12.6. The van der Waals surface area contributed by atoms with E-state index < -0.39 is 126 Å². The van der Waals surface area contributed by atoms with E-state index in [9.17, 15) is 50.4 Å². The lowest BCUT2D eigenvalue weighted by Gasteiger charge is -2.52. The molecule has 15 N–H and O–H groups in total. The third-order valence-electron chi connectivity index (χ3n) is 9.03. The highest BCUT2D eigenvalue weighted by molar-refractivity contribution is 7.22. The van der Waals surface area contributed by atoms with E-state index in [4.69, 9.17) is 33.1 Å². The summed E-state index contributed by atoms with van der Waals surface area (Å²) >= 11 is 0. The molecule has 27 heteroatoms. The van der Waals surface area contributed by atoms with Gasteiger partial charge in [0, 0.05) is 0 Å². The summed E-state index contributed by atoms with van der Waals surface area (Å²) in [5.41, 5.74) is 0. The highest BCUT2D eigenvalue weighted by Crippen LogP contribution is 2.36. The number of carbonyl (C=O) groups excluding carboxylic acids is 2. The molecule has 54 heavy (non-hydrogen) atoms. The fourth-order valence-corrected chi connectivity index (χ4v) is 24.1. The number of rotatable bonds is 25. The van der Waals surface area contributed by atoms with Crippen LogP contribution in [0.3, 0.4) is 0 Å². The number of carbonyl (C=O) groups is 2. The van der Waals surface area contributed by atoms with Gasteiger partial charge in [-0.05, 0) is 60.4 Å². The zero-order valence-electron chi connectivity index (χ0n) is 33.7. The second-order valence-corrected chi connectivity index (χ2v) is 36.0. The maximum absolute atomic E-state index is 12.6. The van der Waals surface area contributed by atoms with Crippen LogP contribution in [0.25, 0.3) is 0 Å². The van der Waals surface area contributed by atoms with Crippen LogP contribution in [-0.4, -0.2) is 191 Å². The first-order valence-corrected chi connectivity index (χ1v) is 31.4. The van der Waals surface area contributed by atoms with E-state index >= 15 is 0 Å². The predicted octanol–water partition coefficient (Wildman–Crippen LogP) is -5.12. The summed E-state index contributed by atoms with van der Waals surface area (Å²) in [6, 6.07) is 0. The number of nitrogens with two attached hydrogens (primary N) is 1. The predicted molar refractivity (Wildman–Crippen MR) is 211 cm³/mol. The van der Waals surface area contributed by atoms with Gasteiger partial charge in [0.25, 0.3) is 14.0 Å². The maximum Gasteiger partial charge on any atom is 0.321 e. The first-order valence-electron chi connectivity index (χ1n) is 17.3. The van der Waals surface area contributed by atoms with Crippen LogP contribution in [0.5, 0.6) is 0 Å². The van der Waals surface area contributed by atoms with E-state index in [0.29, 0.717) is 0 Å². The highest BCUT2D eigenvalue weighted by Gasteiger charge is 2.57. The highest BCUT2D eigenvalue weighted by atomic mass is 28.4. The number of hydrazine groups is 1. The van der Waals surface area contributed by atoms with Crippen LogP contribution >= 0.6 is 0 Å². The Morgan fingerprint density at radius 3 is 1.30 bits per heavy atom. The molecule has 0 aliphatic rings. The Morgan fingerprint density at radius 1 is 0.611 bits per heavy atom. The fraction of sp³-hybridized carbons (Fsp3) is 0.926. The Kier molecular flexibility index (Phi) is 20.3. The summed E-state index contributed by atoms with van der Waals surface area (Å²) in [5, 5.41) is 103. The molecule has 0 aliphatic heterocycles. The molecule has 0 fully saturated rings. The summed E-state index contributed by atoms with van der Waals surface area (Å²) < 4.78 is 26.6. The molecule has 2 amide bonds. The van der Waals surface area contributed by atoms with Gasteiger partial charge < -0.3 is 78.6 Å². The number of hydrogen-bond donors (Lipinski definition) is 14. The molecule has 0 aromatic heterocycles. The average molecular weight is 865 g/mol. The van der Waals surface area contributed by atoms with Crippen molar-refractivity contribution in [2.75, 3.05) is 13.2 Å². The molecular weight excluding hydrogens is 798 g/mol. The molecule has 0 aliphatic carbocycles. The minimum atomic E-state index is -3.29. The zero-order chi connectivity index (χ0) is 43.1. The summed E-state index contributed by atoms with van der Waals surface area (Å²) in [7, 11) is -12.3. The van der Waals surface area contributed by atoms with Crippen LogP contribution in [-0.2, 0) is 26.7 Å². The molecule has 9 unspecified atom stereocenters. The minimum absolute atomic E-state index is 0.892. The van der Waals surface area contributed by atoms with Crippen molar-refractivity contribution in [3.63, 3.8) is 0 Å².